The molecule has 0 bridgehead atoms. The Kier molecular flexibility index (Phi) is 2.43. The number of hydrogen-bond acceptors (Lipinski definition) is 5. The summed E-state index contributed by atoms with van der Waals surface area (Å²) in [5, 5.41) is 21.0. The first kappa shape index (κ1) is 6.98. The monoisotopic (exact) mass is 132 g/mol. The minimum absolute atomic E-state index is 0.553. The summed E-state index contributed by atoms with van der Waals surface area (Å²) in [5.41, 5.74) is 0. The Labute approximate surface area is 53.4 Å². The van der Waals surface area contributed by atoms with E-state index in [0.717, 1.165) is 6.54 Å². The number of nitrogens with one attached hydrogen (secondary N) is 1. The van der Waals surface area contributed by atoms with Gasteiger partial charge in [-0.2, -0.15) is 5.06 Å². The zero-order chi connectivity index (χ0) is 6.69. The Morgan fingerprint density at radius 2 is 2.33 bits per heavy atom. The van der Waals surface area contributed by atoms with Crippen molar-refractivity contribution in [3.63, 3.8) is 0 Å². The second-order valence-electron chi connectivity index (χ2n) is 1.80. The van der Waals surface area contributed by atoms with E-state index in [1.807, 2.05) is 0 Å². The summed E-state index contributed by atoms with van der Waals surface area (Å²) in [6.45, 7) is 2.07. The molecule has 0 atom stereocenters. The van der Waals surface area contributed by atoms with Crippen molar-refractivity contribution in [2.24, 2.45) is 0 Å². The fraction of sp³-hybridized carbons (Fsp3) is 1.00. The van der Waals surface area contributed by atoms with Crippen molar-refractivity contribution in [1.82, 2.24) is 10.4 Å². The van der Waals surface area contributed by atoms with E-state index in [0.29, 0.717) is 13.2 Å². The van der Waals surface area contributed by atoms with E-state index in [1.165, 1.54) is 5.06 Å². The molecule has 0 aromatic heterocycles. The molecule has 0 aliphatic carbocycles. The van der Waals surface area contributed by atoms with Crippen LogP contribution in [0.4, 0.5) is 0 Å². The van der Waals surface area contributed by atoms with Crippen molar-refractivity contribution in [3.8, 4) is 0 Å². The fourth-order valence-electron chi connectivity index (χ4n) is 0.710. The van der Waals surface area contributed by atoms with Crippen LogP contribution in [0.25, 0.3) is 0 Å². The van der Waals surface area contributed by atoms with Crippen LogP contribution in [-0.2, 0) is 4.76 Å². The number of rotatable bonds is 2. The lowest BCUT2D eigenvalue weighted by Gasteiger charge is -2.11. The SMILES string of the molecule is OB(O)ON1CCNC1. The highest BCUT2D eigenvalue weighted by molar-refractivity contribution is 6.32. The molecule has 52 valence electrons. The summed E-state index contributed by atoms with van der Waals surface area (Å²) in [6.07, 6.45) is 0. The summed E-state index contributed by atoms with van der Waals surface area (Å²) in [4.78, 5) is 0. The van der Waals surface area contributed by atoms with Crippen molar-refractivity contribution in [3.05, 3.63) is 0 Å². The standard InChI is InChI=1S/C3H9BN2O3/c7-4(8)9-6-2-1-5-3-6/h5,7-8H,1-3H2. The highest BCUT2D eigenvalue weighted by Gasteiger charge is 2.18. The predicted octanol–water partition coefficient (Wildman–Crippen LogP) is -2.25. The van der Waals surface area contributed by atoms with Crippen LogP contribution in [0.1, 0.15) is 0 Å². The second kappa shape index (κ2) is 3.14. The third kappa shape index (κ3) is 2.29. The Morgan fingerprint density at radius 1 is 1.56 bits per heavy atom. The van der Waals surface area contributed by atoms with E-state index in [2.05, 4.69) is 10.1 Å². The fourth-order valence-corrected chi connectivity index (χ4v) is 0.710. The molecule has 1 heterocycles. The molecule has 1 fully saturated rings. The first-order valence-corrected chi connectivity index (χ1v) is 2.77. The van der Waals surface area contributed by atoms with Gasteiger partial charge in [0.15, 0.2) is 0 Å². The molecule has 1 aliphatic rings. The van der Waals surface area contributed by atoms with Crippen molar-refractivity contribution in [1.29, 1.82) is 0 Å². The molecule has 3 N–H and O–H groups in total. The molecule has 6 heteroatoms. The van der Waals surface area contributed by atoms with Gasteiger partial charge in [0, 0.05) is 13.1 Å². The average molecular weight is 132 g/mol. The molecule has 1 aliphatic heterocycles. The number of hydrogen-bond donors (Lipinski definition) is 3. The van der Waals surface area contributed by atoms with Crippen LogP contribution in [0.5, 0.6) is 0 Å². The zero-order valence-corrected chi connectivity index (χ0v) is 4.95. The summed E-state index contributed by atoms with van der Waals surface area (Å²) in [7, 11) is -1.69. The predicted molar refractivity (Wildman–Crippen MR) is 30.9 cm³/mol. The van der Waals surface area contributed by atoms with Gasteiger partial charge in [0.05, 0.1) is 6.67 Å². The topological polar surface area (TPSA) is 65.0 Å². The van der Waals surface area contributed by atoms with Crippen molar-refractivity contribution >= 4 is 7.32 Å². The molecule has 0 unspecified atom stereocenters. The molecule has 0 saturated carbocycles. The van der Waals surface area contributed by atoms with Gasteiger partial charge in [0.25, 0.3) is 0 Å². The van der Waals surface area contributed by atoms with Crippen molar-refractivity contribution < 1.29 is 14.8 Å². The summed E-state index contributed by atoms with van der Waals surface area (Å²) in [5.74, 6) is 0. The van der Waals surface area contributed by atoms with Gasteiger partial charge in [-0.3, -0.25) is 4.76 Å². The van der Waals surface area contributed by atoms with Gasteiger partial charge in [-0.15, -0.1) is 0 Å². The van der Waals surface area contributed by atoms with Gasteiger partial charge < -0.3 is 15.4 Å². The maximum absolute atomic E-state index is 8.28. The lowest BCUT2D eigenvalue weighted by Crippen LogP contribution is -2.31. The van der Waals surface area contributed by atoms with Gasteiger partial charge in [-0.1, -0.05) is 0 Å². The molecule has 1 rings (SSSR count). The average Bonchev–Trinajstić information content (AvgIpc) is 2.15. The Balaban J connectivity index is 2.11. The van der Waals surface area contributed by atoms with Gasteiger partial charge in [-0.25, -0.2) is 0 Å². The Hall–Kier alpha value is -0.135. The molecular weight excluding hydrogens is 123 g/mol. The van der Waals surface area contributed by atoms with E-state index in [4.69, 9.17) is 10.0 Å². The van der Waals surface area contributed by atoms with E-state index in [-0.39, 0.29) is 0 Å². The lowest BCUT2D eigenvalue weighted by atomic mass is 10.3. The maximum atomic E-state index is 8.28. The summed E-state index contributed by atoms with van der Waals surface area (Å²) >= 11 is 0. The molecule has 0 radical (unpaired) electrons. The zero-order valence-electron chi connectivity index (χ0n) is 4.95. The van der Waals surface area contributed by atoms with Gasteiger partial charge >= 0.3 is 7.32 Å². The van der Waals surface area contributed by atoms with Crippen LogP contribution in [0, 0.1) is 0 Å². The van der Waals surface area contributed by atoms with Crippen LogP contribution in [0.3, 0.4) is 0 Å². The Morgan fingerprint density at radius 3 is 2.78 bits per heavy atom. The maximum Gasteiger partial charge on any atom is 0.651 e. The highest BCUT2D eigenvalue weighted by atomic mass is 16.7. The third-order valence-electron chi connectivity index (χ3n) is 1.07. The van der Waals surface area contributed by atoms with Crippen molar-refractivity contribution in [2.45, 2.75) is 0 Å². The minimum atomic E-state index is -1.69. The Bertz CT molecular complexity index is 85.1. The first-order chi connectivity index (χ1) is 4.29. The van der Waals surface area contributed by atoms with Crippen molar-refractivity contribution in [2.75, 3.05) is 19.8 Å². The number of hydroxylamine groups is 2. The normalized spacial score (nSPS) is 20.7. The van der Waals surface area contributed by atoms with Gasteiger partial charge in [0.2, 0.25) is 0 Å². The minimum Gasteiger partial charge on any atom is -0.401 e. The van der Waals surface area contributed by atoms with E-state index < -0.39 is 7.32 Å². The van der Waals surface area contributed by atoms with Crippen LogP contribution < -0.4 is 5.32 Å². The van der Waals surface area contributed by atoms with Crippen LogP contribution in [0.15, 0.2) is 0 Å². The molecule has 9 heavy (non-hydrogen) atoms. The van der Waals surface area contributed by atoms with Gasteiger partial charge in [0.1, 0.15) is 0 Å². The van der Waals surface area contributed by atoms with Crippen LogP contribution >= 0.6 is 0 Å². The first-order valence-electron chi connectivity index (χ1n) is 2.77. The molecule has 1 saturated heterocycles. The summed E-state index contributed by atoms with van der Waals surface area (Å²) < 4.78 is 4.49. The molecular formula is C3H9BN2O3. The molecule has 0 amide bonds. The molecule has 0 aromatic rings. The van der Waals surface area contributed by atoms with E-state index in [1.54, 1.807) is 0 Å². The third-order valence-corrected chi connectivity index (χ3v) is 1.07. The highest BCUT2D eigenvalue weighted by Crippen LogP contribution is 1.92. The molecule has 0 spiro atoms. The van der Waals surface area contributed by atoms with E-state index in [9.17, 15) is 0 Å². The lowest BCUT2D eigenvalue weighted by molar-refractivity contribution is -0.0761. The smallest absolute Gasteiger partial charge is 0.401 e. The molecule has 5 nitrogen and oxygen atoms in total. The number of nitrogens with zero attached hydrogens (tertiary/aromatic N) is 1. The van der Waals surface area contributed by atoms with Gasteiger partial charge in [-0.05, 0) is 0 Å². The van der Waals surface area contributed by atoms with E-state index >= 15 is 0 Å². The largest absolute Gasteiger partial charge is 0.651 e. The second-order valence-corrected chi connectivity index (χ2v) is 1.80. The van der Waals surface area contributed by atoms with Crippen LogP contribution in [0.2, 0.25) is 0 Å². The molecule has 0 aromatic carbocycles. The quantitative estimate of drug-likeness (QED) is 0.370. The summed E-state index contributed by atoms with van der Waals surface area (Å²) in [6, 6.07) is 0. The van der Waals surface area contributed by atoms with Crippen LogP contribution in [-0.4, -0.2) is 42.2 Å².